The molecule has 0 unspecified atom stereocenters. The Bertz CT molecular complexity index is 571. The lowest BCUT2D eigenvalue weighted by molar-refractivity contribution is -0.137. The summed E-state index contributed by atoms with van der Waals surface area (Å²) in [6, 6.07) is 0. The molecule has 0 bridgehead atoms. The highest BCUT2D eigenvalue weighted by Gasteiger charge is 2.22. The summed E-state index contributed by atoms with van der Waals surface area (Å²) in [6.07, 6.45) is 3.49. The third-order valence-electron chi connectivity index (χ3n) is 4.05. The van der Waals surface area contributed by atoms with E-state index in [1.807, 2.05) is 20.8 Å². The van der Waals surface area contributed by atoms with Crippen LogP contribution >= 0.6 is 0 Å². The van der Waals surface area contributed by atoms with E-state index in [0.717, 1.165) is 0 Å². The summed E-state index contributed by atoms with van der Waals surface area (Å²) < 4.78 is 27.0. The van der Waals surface area contributed by atoms with Gasteiger partial charge in [0.05, 0.1) is 59.5 Å². The lowest BCUT2D eigenvalue weighted by Gasteiger charge is -2.20. The molecule has 1 aliphatic rings. The first-order chi connectivity index (χ1) is 15.3. The topological polar surface area (TPSA) is 113 Å². The van der Waals surface area contributed by atoms with Crippen molar-refractivity contribution in [2.24, 2.45) is 0 Å². The minimum absolute atomic E-state index is 0.0220. The molecule has 0 saturated carbocycles. The van der Waals surface area contributed by atoms with Crippen molar-refractivity contribution in [1.82, 2.24) is 10.2 Å². The molecule has 0 aromatic rings. The number of carbonyl (C=O) groups is 3. The first-order valence-electron chi connectivity index (χ1n) is 11.0. The molecule has 0 aromatic carbocycles. The lowest BCUT2D eigenvalue weighted by atomic mass is 10.1. The summed E-state index contributed by atoms with van der Waals surface area (Å²) in [6.45, 7) is 10.7. The second-order valence-electron chi connectivity index (χ2n) is 8.13. The fraction of sp³-hybridized carbons (Fsp3) is 0.773. The van der Waals surface area contributed by atoms with E-state index >= 15 is 0 Å². The Morgan fingerprint density at radius 2 is 1.16 bits per heavy atom. The largest absolute Gasteiger partial charge is 0.379 e. The fourth-order valence-corrected chi connectivity index (χ4v) is 2.60. The van der Waals surface area contributed by atoms with Gasteiger partial charge in [-0.15, -0.1) is 0 Å². The van der Waals surface area contributed by atoms with Crippen LogP contribution in [0.1, 0.15) is 33.6 Å². The molecule has 1 heterocycles. The molecule has 184 valence electrons. The molecule has 10 nitrogen and oxygen atoms in total. The Balaban J connectivity index is 1.74. The molecule has 0 aliphatic carbocycles. The molecule has 0 saturated heterocycles. The summed E-state index contributed by atoms with van der Waals surface area (Å²) in [7, 11) is 0. The lowest BCUT2D eigenvalue weighted by Crippen LogP contribution is -2.40. The SMILES string of the molecule is CC(C)(C)NC(=O)CCOCCOCCOCCOCCOCCCN1C(=O)C=CC1=O. The van der Waals surface area contributed by atoms with Crippen LogP contribution < -0.4 is 5.32 Å². The van der Waals surface area contributed by atoms with Crippen molar-refractivity contribution in [3.63, 3.8) is 0 Å². The third kappa shape index (κ3) is 15.0. The van der Waals surface area contributed by atoms with E-state index in [9.17, 15) is 14.4 Å². The number of nitrogens with one attached hydrogen (secondary N) is 1. The number of hydrogen-bond donors (Lipinski definition) is 1. The molecule has 10 heteroatoms. The van der Waals surface area contributed by atoms with Gasteiger partial charge in [0.1, 0.15) is 0 Å². The molecule has 0 radical (unpaired) electrons. The van der Waals surface area contributed by atoms with Gasteiger partial charge in [-0.25, -0.2) is 0 Å². The molecule has 0 fully saturated rings. The smallest absolute Gasteiger partial charge is 0.253 e. The van der Waals surface area contributed by atoms with Crippen molar-refractivity contribution in [2.45, 2.75) is 39.2 Å². The second-order valence-corrected chi connectivity index (χ2v) is 8.13. The van der Waals surface area contributed by atoms with Crippen LogP contribution in [0.5, 0.6) is 0 Å². The average Bonchev–Trinajstić information content (AvgIpc) is 3.03. The Hall–Kier alpha value is -1.85. The molecule has 3 amide bonds. The summed E-state index contributed by atoms with van der Waals surface area (Å²) in [5.74, 6) is -0.560. The molecule has 1 rings (SSSR count). The highest BCUT2D eigenvalue weighted by molar-refractivity contribution is 6.12. The molecular formula is C22H38N2O8. The van der Waals surface area contributed by atoms with Crippen LogP contribution in [-0.4, -0.2) is 101 Å². The van der Waals surface area contributed by atoms with Gasteiger partial charge in [0.2, 0.25) is 5.91 Å². The van der Waals surface area contributed by atoms with E-state index in [4.69, 9.17) is 23.7 Å². The molecule has 0 spiro atoms. The summed E-state index contributed by atoms with van der Waals surface area (Å²) >= 11 is 0. The van der Waals surface area contributed by atoms with Gasteiger partial charge in [-0.3, -0.25) is 19.3 Å². The molecule has 32 heavy (non-hydrogen) atoms. The predicted molar refractivity (Wildman–Crippen MR) is 117 cm³/mol. The van der Waals surface area contributed by atoms with Crippen molar-refractivity contribution in [3.05, 3.63) is 12.2 Å². The van der Waals surface area contributed by atoms with E-state index in [0.29, 0.717) is 85.5 Å². The van der Waals surface area contributed by atoms with E-state index in [2.05, 4.69) is 5.32 Å². The number of imide groups is 1. The van der Waals surface area contributed by atoms with Crippen molar-refractivity contribution < 1.29 is 38.1 Å². The Morgan fingerprint density at radius 1 is 0.750 bits per heavy atom. The summed E-state index contributed by atoms with van der Waals surface area (Å²) in [4.78, 5) is 35.5. The third-order valence-corrected chi connectivity index (χ3v) is 4.05. The summed E-state index contributed by atoms with van der Waals surface area (Å²) in [5.41, 5.74) is -0.225. The quantitative estimate of drug-likeness (QED) is 0.222. The Labute approximate surface area is 190 Å². The van der Waals surface area contributed by atoms with E-state index < -0.39 is 0 Å². The van der Waals surface area contributed by atoms with Crippen LogP contribution in [0.3, 0.4) is 0 Å². The van der Waals surface area contributed by atoms with Crippen LogP contribution in [-0.2, 0) is 38.1 Å². The number of rotatable bonds is 19. The van der Waals surface area contributed by atoms with Gasteiger partial charge < -0.3 is 29.0 Å². The number of amides is 3. The molecule has 0 atom stereocenters. The number of hydrogen-bond acceptors (Lipinski definition) is 8. The highest BCUT2D eigenvalue weighted by Crippen LogP contribution is 2.04. The maximum atomic E-state index is 11.6. The zero-order valence-electron chi connectivity index (χ0n) is 19.6. The highest BCUT2D eigenvalue weighted by atomic mass is 16.6. The van der Waals surface area contributed by atoms with Crippen molar-refractivity contribution in [3.8, 4) is 0 Å². The monoisotopic (exact) mass is 458 g/mol. The van der Waals surface area contributed by atoms with Crippen LogP contribution in [0.15, 0.2) is 12.2 Å². The van der Waals surface area contributed by atoms with Gasteiger partial charge in [-0.05, 0) is 27.2 Å². The standard InChI is InChI=1S/C22H38N2O8/c1-22(2,3)23-19(25)7-10-29-12-14-31-16-18-32-17-15-30-13-11-28-9-4-8-24-20(26)5-6-21(24)27/h5-6H,4,7-18H2,1-3H3,(H,23,25). The van der Waals surface area contributed by atoms with Gasteiger partial charge in [-0.2, -0.15) is 0 Å². The Kier molecular flexibility index (Phi) is 14.7. The van der Waals surface area contributed by atoms with E-state index in [1.165, 1.54) is 17.1 Å². The number of ether oxygens (including phenoxy) is 5. The normalized spacial score (nSPS) is 13.9. The van der Waals surface area contributed by atoms with Gasteiger partial charge in [-0.1, -0.05) is 0 Å². The average molecular weight is 459 g/mol. The molecule has 1 N–H and O–H groups in total. The van der Waals surface area contributed by atoms with E-state index in [1.54, 1.807) is 0 Å². The zero-order chi connectivity index (χ0) is 23.7. The Morgan fingerprint density at radius 3 is 1.59 bits per heavy atom. The zero-order valence-corrected chi connectivity index (χ0v) is 19.6. The van der Waals surface area contributed by atoms with Gasteiger partial charge in [0.15, 0.2) is 0 Å². The van der Waals surface area contributed by atoms with Crippen LogP contribution in [0.4, 0.5) is 0 Å². The molecule has 1 aliphatic heterocycles. The number of nitrogens with zero attached hydrogens (tertiary/aromatic N) is 1. The van der Waals surface area contributed by atoms with Crippen LogP contribution in [0.2, 0.25) is 0 Å². The first-order valence-corrected chi connectivity index (χ1v) is 11.0. The van der Waals surface area contributed by atoms with Gasteiger partial charge in [0.25, 0.3) is 11.8 Å². The van der Waals surface area contributed by atoms with Crippen molar-refractivity contribution in [1.29, 1.82) is 0 Å². The molecule has 0 aromatic heterocycles. The van der Waals surface area contributed by atoms with Crippen LogP contribution in [0, 0.1) is 0 Å². The van der Waals surface area contributed by atoms with Crippen molar-refractivity contribution in [2.75, 3.05) is 72.6 Å². The fourth-order valence-electron chi connectivity index (χ4n) is 2.60. The maximum absolute atomic E-state index is 11.6. The minimum atomic E-state index is -0.269. The first kappa shape index (κ1) is 28.2. The van der Waals surface area contributed by atoms with Crippen molar-refractivity contribution >= 4 is 17.7 Å². The van der Waals surface area contributed by atoms with Gasteiger partial charge >= 0.3 is 0 Å². The summed E-state index contributed by atoms with van der Waals surface area (Å²) in [5, 5.41) is 2.88. The maximum Gasteiger partial charge on any atom is 0.253 e. The van der Waals surface area contributed by atoms with E-state index in [-0.39, 0.29) is 23.3 Å². The number of carbonyl (C=O) groups excluding carboxylic acids is 3. The van der Waals surface area contributed by atoms with Crippen LogP contribution in [0.25, 0.3) is 0 Å². The minimum Gasteiger partial charge on any atom is -0.379 e. The molecular weight excluding hydrogens is 420 g/mol. The predicted octanol–water partition coefficient (Wildman–Crippen LogP) is 0.689. The second kappa shape index (κ2) is 16.7. The van der Waals surface area contributed by atoms with Gasteiger partial charge in [0, 0.05) is 37.3 Å².